The molecule has 1 aliphatic heterocycles. The fourth-order valence-corrected chi connectivity index (χ4v) is 8.60. The van der Waals surface area contributed by atoms with Crippen molar-refractivity contribution in [2.24, 2.45) is 29.2 Å². The Morgan fingerprint density at radius 2 is 1.14 bits per heavy atom. The van der Waals surface area contributed by atoms with Gasteiger partial charge in [-0.05, 0) is 76.7 Å². The number of carbonyl (C=O) groups is 14. The highest BCUT2D eigenvalue weighted by atomic mass is 32.1. The Labute approximate surface area is 492 Å². The third kappa shape index (κ3) is 25.7. The zero-order chi connectivity index (χ0) is 64.1. The van der Waals surface area contributed by atoms with Gasteiger partial charge in [0.25, 0.3) is 0 Å². The molecule has 1 fully saturated rings. The summed E-state index contributed by atoms with van der Waals surface area (Å²) in [6.07, 6.45) is -1.16. The number of nitrogens with zero attached hydrogens (tertiary/aromatic N) is 1. The SMILES string of the molecule is CC[C@H](C)[C@H](NC(=O)CN)C(=O)NCC(=O)N[C@@H](CC(=O)O)C(=O)N1CCC[C@H]1C(=O)N[C@H](C(=O)N[C@H](C(=O)N[C@@H](CS)C(=O)N[C@@H](CC(C)C)C(=O)N[C@@H](CCCCN)C(=O)N[C@@H](CO)C(=O)NCC(=O)N[C@@H](C)C(=O)O)[C@@H](C)O)C(C)C. The molecule has 0 radical (unpaired) electrons. The van der Waals surface area contributed by atoms with Gasteiger partial charge in [0.1, 0.15) is 60.4 Å². The molecule has 0 aromatic rings. The summed E-state index contributed by atoms with van der Waals surface area (Å²) in [6, 6.07) is -14.4. The van der Waals surface area contributed by atoms with E-state index in [1.165, 1.54) is 20.8 Å². The fraction of sp³-hybridized carbons (Fsp3) is 0.725. The van der Waals surface area contributed by atoms with Gasteiger partial charge in [-0.2, -0.15) is 12.6 Å². The molecule has 12 amide bonds. The summed E-state index contributed by atoms with van der Waals surface area (Å²) in [6.45, 7) is 9.70. The van der Waals surface area contributed by atoms with Crippen LogP contribution >= 0.6 is 12.6 Å². The van der Waals surface area contributed by atoms with Crippen LogP contribution in [-0.4, -0.2) is 220 Å². The van der Waals surface area contributed by atoms with E-state index in [1.807, 2.05) is 0 Å². The van der Waals surface area contributed by atoms with Gasteiger partial charge in [0.05, 0.1) is 38.8 Å². The third-order valence-corrected chi connectivity index (χ3v) is 13.7. The van der Waals surface area contributed by atoms with Gasteiger partial charge in [-0.25, -0.2) is 0 Å². The standard InChI is InChI=1S/C51H88N14O18S/c1-9-26(6)40(62-35(68)19-53)47(78)55-21-37(70)57-31(18-38(71)72)50(81)65-16-12-14-34(65)46(77)63-39(25(4)5)48(79)64-41(28(8)67)49(80)61-33(23-84)45(76)59-30(17-24(2)3)44(75)58-29(13-10-11-15-52)43(74)60-32(22-66)42(73)54-20-36(69)56-27(7)51(82)83/h24-34,39-41,66-67,84H,9-23,52-53H2,1-8H3,(H,54,73)(H,55,78)(H,56,69)(H,57,70)(H,58,75)(H,59,76)(H,60,74)(H,61,80)(H,62,68)(H,63,77)(H,64,79)(H,71,72)(H,82,83)/t26-,27-,28+,29-,30-,31-,32-,33-,34-,39-,40-,41-/m0/s1. The van der Waals surface area contributed by atoms with Gasteiger partial charge < -0.3 is 95.3 Å². The van der Waals surface area contributed by atoms with Gasteiger partial charge in [-0.1, -0.05) is 48.0 Å². The number of carboxylic acid groups (broad SMARTS) is 2. The van der Waals surface area contributed by atoms with E-state index in [0.29, 0.717) is 19.3 Å². The van der Waals surface area contributed by atoms with Crippen LogP contribution in [0.3, 0.4) is 0 Å². The summed E-state index contributed by atoms with van der Waals surface area (Å²) < 4.78 is 0. The number of nitrogens with one attached hydrogen (secondary N) is 11. The van der Waals surface area contributed by atoms with E-state index in [0.717, 1.165) is 11.8 Å². The molecule has 0 aliphatic carbocycles. The minimum Gasteiger partial charge on any atom is -0.481 e. The van der Waals surface area contributed by atoms with Crippen LogP contribution in [-0.2, 0) is 67.1 Å². The molecule has 32 nitrogen and oxygen atoms in total. The topological polar surface area (TPSA) is 508 Å². The van der Waals surface area contributed by atoms with Gasteiger partial charge >= 0.3 is 11.9 Å². The number of aliphatic hydroxyl groups is 2. The third-order valence-electron chi connectivity index (χ3n) is 13.3. The molecule has 1 heterocycles. The average Bonchev–Trinajstić information content (AvgIpc) is 4.12. The van der Waals surface area contributed by atoms with E-state index >= 15 is 0 Å². The maximum atomic E-state index is 13.9. The normalized spacial score (nSPS) is 16.9. The first kappa shape index (κ1) is 74.8. The zero-order valence-electron chi connectivity index (χ0n) is 48.7. The van der Waals surface area contributed by atoms with E-state index in [1.54, 1.807) is 27.7 Å². The lowest BCUT2D eigenvalue weighted by Gasteiger charge is -2.31. The number of nitrogens with two attached hydrogens (primary N) is 2. The molecule has 84 heavy (non-hydrogen) atoms. The number of hydrogen-bond acceptors (Lipinski definition) is 19. The first-order valence-electron chi connectivity index (χ1n) is 27.7. The zero-order valence-corrected chi connectivity index (χ0v) is 49.6. The molecule has 0 unspecified atom stereocenters. The van der Waals surface area contributed by atoms with E-state index in [4.69, 9.17) is 16.6 Å². The van der Waals surface area contributed by atoms with Crippen molar-refractivity contribution in [2.45, 2.75) is 173 Å². The Balaban J connectivity index is 3.24. The number of aliphatic carboxylic acids is 2. The summed E-state index contributed by atoms with van der Waals surface area (Å²) in [5.41, 5.74) is 11.0. The summed E-state index contributed by atoms with van der Waals surface area (Å²) >= 11 is 4.21. The first-order valence-corrected chi connectivity index (χ1v) is 28.3. The van der Waals surface area contributed by atoms with Crippen LogP contribution in [0.5, 0.6) is 0 Å². The van der Waals surface area contributed by atoms with Gasteiger partial charge in [0.2, 0.25) is 70.9 Å². The maximum absolute atomic E-state index is 13.9. The Morgan fingerprint density at radius 1 is 0.595 bits per heavy atom. The van der Waals surface area contributed by atoms with E-state index in [2.05, 4.69) is 71.1 Å². The van der Waals surface area contributed by atoms with Crippen LogP contribution in [0.4, 0.5) is 0 Å². The van der Waals surface area contributed by atoms with Crippen molar-refractivity contribution in [3.05, 3.63) is 0 Å². The predicted octanol–water partition coefficient (Wildman–Crippen LogP) is -6.71. The summed E-state index contributed by atoms with van der Waals surface area (Å²) in [4.78, 5) is 184. The number of thiol groups is 1. The summed E-state index contributed by atoms with van der Waals surface area (Å²) in [7, 11) is 0. The van der Waals surface area contributed by atoms with Crippen molar-refractivity contribution < 1.29 is 87.5 Å². The number of rotatable bonds is 38. The molecule has 0 aromatic heterocycles. The Bertz CT molecular complexity index is 2310. The number of amides is 12. The second kappa shape index (κ2) is 37.9. The first-order chi connectivity index (χ1) is 39.4. The fourth-order valence-electron chi connectivity index (χ4n) is 8.34. The monoisotopic (exact) mass is 1220 g/mol. The van der Waals surface area contributed by atoms with Gasteiger partial charge in [-0.15, -0.1) is 0 Å². The number of likely N-dealkylation sites (tertiary alicyclic amines) is 1. The van der Waals surface area contributed by atoms with Crippen LogP contribution in [0, 0.1) is 17.8 Å². The lowest BCUT2D eigenvalue weighted by molar-refractivity contribution is -0.146. The van der Waals surface area contributed by atoms with Crippen molar-refractivity contribution in [2.75, 3.05) is 45.1 Å². The van der Waals surface area contributed by atoms with Crippen LogP contribution in [0.1, 0.15) is 107 Å². The van der Waals surface area contributed by atoms with Gasteiger partial charge in [-0.3, -0.25) is 67.1 Å². The van der Waals surface area contributed by atoms with Crippen LogP contribution < -0.4 is 70.0 Å². The molecule has 19 N–H and O–H groups in total. The molecule has 0 aromatic carbocycles. The highest BCUT2D eigenvalue weighted by molar-refractivity contribution is 7.80. The van der Waals surface area contributed by atoms with E-state index in [9.17, 15) is 82.4 Å². The van der Waals surface area contributed by atoms with Crippen molar-refractivity contribution in [3.63, 3.8) is 0 Å². The number of aliphatic hydroxyl groups excluding tert-OH is 2. The molecule has 0 bridgehead atoms. The van der Waals surface area contributed by atoms with Crippen LogP contribution in [0.25, 0.3) is 0 Å². The van der Waals surface area contributed by atoms with Crippen molar-refractivity contribution >= 4 is 95.5 Å². The highest BCUT2D eigenvalue weighted by Gasteiger charge is 2.41. The summed E-state index contributed by atoms with van der Waals surface area (Å²) in [5, 5.41) is 65.6. The smallest absolute Gasteiger partial charge is 0.325 e. The molecule has 476 valence electrons. The molecule has 1 aliphatic rings. The predicted molar refractivity (Wildman–Crippen MR) is 302 cm³/mol. The minimum atomic E-state index is -1.78. The minimum absolute atomic E-state index is 0.0205. The average molecular weight is 1220 g/mol. The Hall–Kier alpha value is -7.23. The molecule has 0 saturated carbocycles. The summed E-state index contributed by atoms with van der Waals surface area (Å²) in [5.74, 6) is -15.5. The van der Waals surface area contributed by atoms with Crippen molar-refractivity contribution in [1.29, 1.82) is 0 Å². The number of carboxylic acids is 2. The highest BCUT2D eigenvalue weighted by Crippen LogP contribution is 2.21. The molecule has 0 spiro atoms. The van der Waals surface area contributed by atoms with Crippen LogP contribution in [0.15, 0.2) is 0 Å². The number of unbranched alkanes of at least 4 members (excludes halogenated alkanes) is 1. The Kier molecular flexibility index (Phi) is 33.7. The molecular weight excluding hydrogens is 1130 g/mol. The lowest BCUT2D eigenvalue weighted by atomic mass is 9.98. The quantitative estimate of drug-likeness (QED) is 0.0202. The number of carbonyl (C=O) groups excluding carboxylic acids is 12. The molecule has 12 atom stereocenters. The maximum Gasteiger partial charge on any atom is 0.325 e. The van der Waals surface area contributed by atoms with E-state index in [-0.39, 0.29) is 50.6 Å². The van der Waals surface area contributed by atoms with E-state index < -0.39 is 194 Å². The van der Waals surface area contributed by atoms with Crippen LogP contribution in [0.2, 0.25) is 0 Å². The Morgan fingerprint density at radius 3 is 1.67 bits per heavy atom. The lowest BCUT2D eigenvalue weighted by Crippen LogP contribution is -2.62. The molecular formula is C51H88N14O18S. The van der Waals surface area contributed by atoms with Gasteiger partial charge in [0.15, 0.2) is 0 Å². The molecule has 33 heteroatoms. The van der Waals surface area contributed by atoms with Crippen molar-refractivity contribution in [3.8, 4) is 0 Å². The molecule has 1 saturated heterocycles. The second-order valence-corrected chi connectivity index (χ2v) is 21.5. The largest absolute Gasteiger partial charge is 0.481 e. The molecule has 1 rings (SSSR count). The van der Waals surface area contributed by atoms with Gasteiger partial charge in [0, 0.05) is 12.3 Å². The number of hydrogen-bond donors (Lipinski definition) is 18. The van der Waals surface area contributed by atoms with Crippen molar-refractivity contribution in [1.82, 2.24) is 63.4 Å². The second-order valence-electron chi connectivity index (χ2n) is 21.1.